The Morgan fingerprint density at radius 2 is 1.65 bits per heavy atom. The van der Waals surface area contributed by atoms with Crippen LogP contribution in [-0.4, -0.2) is 60.3 Å². The van der Waals surface area contributed by atoms with Crippen molar-refractivity contribution >= 4 is 31.9 Å². The molecule has 1 heterocycles. The molecular weight excluding hydrogens is 460 g/mol. The third-order valence-corrected chi connectivity index (χ3v) is 5.62. The first-order chi connectivity index (χ1) is 12.6. The van der Waals surface area contributed by atoms with Gasteiger partial charge in [0.2, 0.25) is 0 Å². The molecule has 0 amide bonds. The Labute approximate surface area is 172 Å². The molecule has 1 aliphatic heterocycles. The van der Waals surface area contributed by atoms with E-state index in [1.807, 2.05) is 18.2 Å². The first-order valence-corrected chi connectivity index (χ1v) is 10.4. The maximum atomic E-state index is 10.3. The summed E-state index contributed by atoms with van der Waals surface area (Å²) in [5.41, 5.74) is 1.36. The van der Waals surface area contributed by atoms with Crippen LogP contribution in [0, 0.1) is 0 Å². The van der Waals surface area contributed by atoms with Gasteiger partial charge in [-0.05, 0) is 39.7 Å². The monoisotopic (exact) mass is 482 g/mol. The molecule has 2 aromatic rings. The van der Waals surface area contributed by atoms with Crippen molar-refractivity contribution in [3.63, 3.8) is 0 Å². The lowest BCUT2D eigenvalue weighted by Crippen LogP contribution is -2.48. The van der Waals surface area contributed by atoms with E-state index in [1.165, 1.54) is 5.56 Å². The molecule has 0 aromatic heterocycles. The third-order valence-electron chi connectivity index (χ3n) is 4.51. The summed E-state index contributed by atoms with van der Waals surface area (Å²) in [6.45, 7) is 5.95. The topological polar surface area (TPSA) is 35.9 Å². The van der Waals surface area contributed by atoms with E-state index in [-0.39, 0.29) is 0 Å². The molecule has 1 saturated heterocycles. The molecule has 3 rings (SSSR count). The van der Waals surface area contributed by atoms with Crippen LogP contribution < -0.4 is 4.74 Å². The highest BCUT2D eigenvalue weighted by Crippen LogP contribution is 2.28. The van der Waals surface area contributed by atoms with Crippen molar-refractivity contribution < 1.29 is 9.84 Å². The molecular formula is C20H24Br2N2O2. The zero-order valence-electron chi connectivity index (χ0n) is 14.7. The van der Waals surface area contributed by atoms with Gasteiger partial charge in [0, 0.05) is 43.7 Å². The molecule has 4 nitrogen and oxygen atoms in total. The highest BCUT2D eigenvalue weighted by atomic mass is 79.9. The number of halogens is 2. The predicted octanol–water partition coefficient (Wildman–Crippen LogP) is 3.77. The molecule has 1 atom stereocenters. The minimum Gasteiger partial charge on any atom is -0.490 e. The Morgan fingerprint density at radius 3 is 2.35 bits per heavy atom. The molecule has 140 valence electrons. The summed E-state index contributed by atoms with van der Waals surface area (Å²) in [5.74, 6) is 0.750. The number of nitrogens with zero attached hydrogens (tertiary/aromatic N) is 2. The number of benzene rings is 2. The molecule has 0 radical (unpaired) electrons. The van der Waals surface area contributed by atoms with Gasteiger partial charge in [0.25, 0.3) is 0 Å². The lowest BCUT2D eigenvalue weighted by Gasteiger charge is -2.35. The number of aliphatic hydroxyl groups is 1. The highest BCUT2D eigenvalue weighted by Gasteiger charge is 2.19. The van der Waals surface area contributed by atoms with Crippen LogP contribution in [0.2, 0.25) is 0 Å². The second-order valence-corrected chi connectivity index (χ2v) is 8.37. The summed E-state index contributed by atoms with van der Waals surface area (Å²) >= 11 is 6.90. The van der Waals surface area contributed by atoms with Crippen LogP contribution in [0.25, 0.3) is 0 Å². The van der Waals surface area contributed by atoms with Crippen LogP contribution in [0.15, 0.2) is 57.5 Å². The predicted molar refractivity (Wildman–Crippen MR) is 112 cm³/mol. The fourth-order valence-electron chi connectivity index (χ4n) is 3.10. The average molecular weight is 484 g/mol. The molecule has 0 bridgehead atoms. The molecule has 0 unspecified atom stereocenters. The molecule has 1 fully saturated rings. The van der Waals surface area contributed by atoms with Crippen molar-refractivity contribution in [1.29, 1.82) is 0 Å². The van der Waals surface area contributed by atoms with Gasteiger partial charge in [-0.3, -0.25) is 9.80 Å². The second-order valence-electron chi connectivity index (χ2n) is 6.60. The molecule has 0 aliphatic carbocycles. The van der Waals surface area contributed by atoms with Crippen LogP contribution in [0.1, 0.15) is 5.56 Å². The fourth-order valence-corrected chi connectivity index (χ4v) is 4.26. The minimum absolute atomic E-state index is 0.296. The highest BCUT2D eigenvalue weighted by molar-refractivity contribution is 9.11. The smallest absolute Gasteiger partial charge is 0.133 e. The summed E-state index contributed by atoms with van der Waals surface area (Å²) < 4.78 is 7.61. The Hall–Kier alpha value is -0.920. The summed E-state index contributed by atoms with van der Waals surface area (Å²) in [6.07, 6.45) is -0.494. The van der Waals surface area contributed by atoms with E-state index in [2.05, 4.69) is 72.0 Å². The van der Waals surface area contributed by atoms with Crippen LogP contribution in [0.5, 0.6) is 5.75 Å². The van der Waals surface area contributed by atoms with Crippen LogP contribution >= 0.6 is 31.9 Å². The van der Waals surface area contributed by atoms with Gasteiger partial charge in [0.05, 0.1) is 4.47 Å². The maximum absolute atomic E-state index is 10.3. The van der Waals surface area contributed by atoms with Gasteiger partial charge in [-0.2, -0.15) is 0 Å². The van der Waals surface area contributed by atoms with E-state index in [0.717, 1.165) is 47.4 Å². The van der Waals surface area contributed by atoms with Gasteiger partial charge in [-0.15, -0.1) is 0 Å². The van der Waals surface area contributed by atoms with Gasteiger partial charge in [0.15, 0.2) is 0 Å². The maximum Gasteiger partial charge on any atom is 0.133 e. The molecule has 0 spiro atoms. The van der Waals surface area contributed by atoms with E-state index in [9.17, 15) is 5.11 Å². The third kappa shape index (κ3) is 6.06. The molecule has 6 heteroatoms. The number of aliphatic hydroxyl groups excluding tert-OH is 1. The van der Waals surface area contributed by atoms with Gasteiger partial charge in [-0.25, -0.2) is 0 Å². The van der Waals surface area contributed by atoms with E-state index < -0.39 is 6.10 Å². The van der Waals surface area contributed by atoms with Crippen LogP contribution in [-0.2, 0) is 6.54 Å². The van der Waals surface area contributed by atoms with E-state index in [0.29, 0.717) is 13.2 Å². The first-order valence-electron chi connectivity index (χ1n) is 8.85. The second kappa shape index (κ2) is 9.85. The minimum atomic E-state index is -0.494. The summed E-state index contributed by atoms with van der Waals surface area (Å²) in [7, 11) is 0. The molecule has 26 heavy (non-hydrogen) atoms. The van der Waals surface area contributed by atoms with Gasteiger partial charge >= 0.3 is 0 Å². The first kappa shape index (κ1) is 19.8. The summed E-state index contributed by atoms with van der Waals surface area (Å²) in [4.78, 5) is 4.78. The number of rotatable bonds is 7. The zero-order valence-corrected chi connectivity index (χ0v) is 17.8. The molecule has 1 N–H and O–H groups in total. The standard InChI is InChI=1S/C20H24Br2N2O2/c21-17-6-7-20(19(22)12-17)26-15-18(25)14-24-10-8-23(9-11-24)13-16-4-2-1-3-5-16/h1-7,12,18,25H,8-11,13-15H2/t18-/m1/s1. The number of β-amino-alcohol motifs (C(OH)–C–C–N with tert-alkyl or cyclic N) is 1. The van der Waals surface area contributed by atoms with E-state index in [1.54, 1.807) is 0 Å². The number of hydrogen-bond donors (Lipinski definition) is 1. The SMILES string of the molecule is O[C@@H](COc1ccc(Br)cc1Br)CN1CCN(Cc2ccccc2)CC1. The number of piperazine rings is 1. The quantitative estimate of drug-likeness (QED) is 0.650. The Kier molecular flexibility index (Phi) is 7.52. The van der Waals surface area contributed by atoms with Crippen LogP contribution in [0.4, 0.5) is 0 Å². The largest absolute Gasteiger partial charge is 0.490 e. The molecule has 2 aromatic carbocycles. The van der Waals surface area contributed by atoms with E-state index >= 15 is 0 Å². The molecule has 0 saturated carbocycles. The van der Waals surface area contributed by atoms with Gasteiger partial charge in [-0.1, -0.05) is 46.3 Å². The molecule has 1 aliphatic rings. The van der Waals surface area contributed by atoms with Crippen molar-refractivity contribution in [3.05, 3.63) is 63.0 Å². The van der Waals surface area contributed by atoms with Crippen molar-refractivity contribution in [3.8, 4) is 5.75 Å². The Balaban J connectivity index is 1.38. The Morgan fingerprint density at radius 1 is 0.962 bits per heavy atom. The number of ether oxygens (including phenoxy) is 1. The van der Waals surface area contributed by atoms with Gasteiger partial charge in [0.1, 0.15) is 18.5 Å². The van der Waals surface area contributed by atoms with Crippen molar-refractivity contribution in [2.45, 2.75) is 12.6 Å². The zero-order chi connectivity index (χ0) is 18.4. The lowest BCUT2D eigenvalue weighted by molar-refractivity contribution is 0.0444. The van der Waals surface area contributed by atoms with E-state index in [4.69, 9.17) is 4.74 Å². The van der Waals surface area contributed by atoms with Crippen molar-refractivity contribution in [2.24, 2.45) is 0 Å². The average Bonchev–Trinajstić information content (AvgIpc) is 2.63. The van der Waals surface area contributed by atoms with Crippen molar-refractivity contribution in [2.75, 3.05) is 39.3 Å². The normalized spacial score (nSPS) is 17.2. The van der Waals surface area contributed by atoms with Gasteiger partial charge < -0.3 is 9.84 Å². The van der Waals surface area contributed by atoms with Crippen LogP contribution in [0.3, 0.4) is 0 Å². The fraction of sp³-hybridized carbons (Fsp3) is 0.400. The van der Waals surface area contributed by atoms with Crippen molar-refractivity contribution in [1.82, 2.24) is 9.80 Å². The summed E-state index contributed by atoms with van der Waals surface area (Å²) in [6, 6.07) is 16.3. The lowest BCUT2D eigenvalue weighted by atomic mass is 10.2. The Bertz CT molecular complexity index is 691. The summed E-state index contributed by atoms with van der Waals surface area (Å²) in [5, 5.41) is 10.3. The number of hydrogen-bond acceptors (Lipinski definition) is 4.